The molecule has 150 valence electrons. The van der Waals surface area contributed by atoms with Crippen LogP contribution in [0.25, 0.3) is 0 Å². The lowest BCUT2D eigenvalue weighted by Gasteiger charge is -2.15. The number of hydrogen-bond donors (Lipinski definition) is 2. The molecule has 6 heteroatoms. The average Bonchev–Trinajstić information content (AvgIpc) is 3.04. The van der Waals surface area contributed by atoms with E-state index < -0.39 is 12.1 Å². The monoisotopic (exact) mass is 418 g/mol. The van der Waals surface area contributed by atoms with Gasteiger partial charge in [-0.25, -0.2) is 0 Å². The molecule has 1 fully saturated rings. The van der Waals surface area contributed by atoms with Gasteiger partial charge in [-0.3, -0.25) is 9.59 Å². The van der Waals surface area contributed by atoms with Crippen molar-refractivity contribution in [2.45, 2.75) is 19.0 Å². The highest BCUT2D eigenvalue weighted by Gasteiger charge is 2.47. The highest BCUT2D eigenvalue weighted by atomic mass is 35.5. The third-order valence-electron chi connectivity index (χ3n) is 5.04. The molecule has 3 aromatic carbocycles. The van der Waals surface area contributed by atoms with Crippen molar-refractivity contribution in [2.75, 3.05) is 0 Å². The molecule has 0 spiro atoms. The van der Waals surface area contributed by atoms with Gasteiger partial charge in [-0.2, -0.15) is 0 Å². The van der Waals surface area contributed by atoms with Crippen LogP contribution in [-0.4, -0.2) is 28.8 Å². The van der Waals surface area contributed by atoms with Gasteiger partial charge in [-0.15, -0.1) is 10.1 Å². The third-order valence-corrected chi connectivity index (χ3v) is 5.29. The molecule has 0 aliphatic carbocycles. The molecule has 1 aliphatic heterocycles. The maximum atomic E-state index is 12.8. The summed E-state index contributed by atoms with van der Waals surface area (Å²) in [6.07, 6.45) is 1.86. The largest absolute Gasteiger partial charge is 0.334 e. The zero-order chi connectivity index (χ0) is 21.1. The number of carbonyl (C=O) groups excluding carboxylic acids is 2. The Morgan fingerprint density at radius 3 is 2.33 bits per heavy atom. The van der Waals surface area contributed by atoms with Crippen molar-refractivity contribution in [3.05, 3.63) is 106 Å². The Morgan fingerprint density at radius 1 is 1.00 bits per heavy atom. The number of aryl methyl sites for hydroxylation is 1. The normalized spacial score (nSPS) is 19.5. The standard InChI is InChI=1S/C24H20ClN3O2/c1-16-7-9-19(10-8-16)23(29)26-21-22(18-11-13-20(25)14-12-18)28(27-24(21)30)15-17-5-3-2-4-6-17/h2-15,21-22H,1H3,(H-,26,27,29,30)/p+1/b28-15-/t21-,22-/m0/s1. The summed E-state index contributed by atoms with van der Waals surface area (Å²) in [5.41, 5.74) is 6.24. The van der Waals surface area contributed by atoms with Crippen molar-refractivity contribution < 1.29 is 14.3 Å². The molecule has 2 atom stereocenters. The maximum Gasteiger partial charge on any atom is 0.304 e. The lowest BCUT2D eigenvalue weighted by atomic mass is 9.99. The van der Waals surface area contributed by atoms with Crippen LogP contribution in [0.2, 0.25) is 5.02 Å². The summed E-state index contributed by atoms with van der Waals surface area (Å²) in [7, 11) is 0. The quantitative estimate of drug-likeness (QED) is 0.635. The lowest BCUT2D eigenvalue weighted by Crippen LogP contribution is -2.42. The maximum absolute atomic E-state index is 12.8. The zero-order valence-electron chi connectivity index (χ0n) is 16.4. The molecule has 0 unspecified atom stereocenters. The first-order chi connectivity index (χ1) is 14.5. The van der Waals surface area contributed by atoms with Crippen molar-refractivity contribution >= 4 is 29.6 Å². The van der Waals surface area contributed by atoms with Gasteiger partial charge >= 0.3 is 5.91 Å². The number of hydrazine groups is 1. The number of halogens is 1. The van der Waals surface area contributed by atoms with Gasteiger partial charge in [0.1, 0.15) is 0 Å². The number of amides is 2. The Bertz CT molecular complexity index is 1090. The van der Waals surface area contributed by atoms with Crippen molar-refractivity contribution in [1.82, 2.24) is 10.7 Å². The van der Waals surface area contributed by atoms with Gasteiger partial charge in [-0.1, -0.05) is 59.6 Å². The van der Waals surface area contributed by atoms with E-state index in [1.165, 1.54) is 0 Å². The summed E-state index contributed by atoms with van der Waals surface area (Å²) in [4.78, 5) is 25.6. The molecule has 4 rings (SSSR count). The molecule has 1 saturated heterocycles. The van der Waals surface area contributed by atoms with E-state index in [2.05, 4.69) is 10.7 Å². The fourth-order valence-corrected chi connectivity index (χ4v) is 3.60. The van der Waals surface area contributed by atoms with E-state index in [-0.39, 0.29) is 11.8 Å². The number of carbonyl (C=O) groups is 2. The summed E-state index contributed by atoms with van der Waals surface area (Å²) in [6.45, 7) is 1.96. The Morgan fingerprint density at radius 2 is 1.67 bits per heavy atom. The molecule has 1 heterocycles. The Hall–Kier alpha value is -3.44. The van der Waals surface area contributed by atoms with E-state index in [1.54, 1.807) is 28.9 Å². The van der Waals surface area contributed by atoms with Crippen LogP contribution in [0, 0.1) is 6.92 Å². The molecular formula is C24H21ClN3O2+. The first-order valence-corrected chi connectivity index (χ1v) is 10.0. The summed E-state index contributed by atoms with van der Waals surface area (Å²) in [5.74, 6) is -0.571. The molecule has 3 aromatic rings. The highest BCUT2D eigenvalue weighted by molar-refractivity contribution is 6.30. The SMILES string of the molecule is Cc1ccc(C(=O)N[C@@H]2C(=O)N/[N+](=C\c3ccccc3)[C@H]2c2ccc(Cl)cc2)cc1. The highest BCUT2D eigenvalue weighted by Crippen LogP contribution is 2.26. The number of nitrogens with zero attached hydrogens (tertiary/aromatic N) is 1. The van der Waals surface area contributed by atoms with Crippen molar-refractivity contribution in [3.8, 4) is 0 Å². The smallest absolute Gasteiger partial charge is 0.304 e. The average molecular weight is 419 g/mol. The van der Waals surface area contributed by atoms with E-state index in [9.17, 15) is 9.59 Å². The lowest BCUT2D eigenvalue weighted by molar-refractivity contribution is -0.596. The van der Waals surface area contributed by atoms with Gasteiger partial charge in [0.05, 0.1) is 0 Å². The van der Waals surface area contributed by atoms with E-state index >= 15 is 0 Å². The molecule has 0 bridgehead atoms. The topological polar surface area (TPSA) is 61.2 Å². The fourth-order valence-electron chi connectivity index (χ4n) is 3.47. The van der Waals surface area contributed by atoms with Crippen LogP contribution in [0.5, 0.6) is 0 Å². The second-order valence-electron chi connectivity index (χ2n) is 7.24. The van der Waals surface area contributed by atoms with E-state index in [0.717, 1.165) is 16.7 Å². The van der Waals surface area contributed by atoms with E-state index in [1.807, 2.05) is 67.7 Å². The Kier molecular flexibility index (Phi) is 5.63. The minimum atomic E-state index is -0.764. The van der Waals surface area contributed by atoms with Crippen LogP contribution in [0.1, 0.15) is 33.1 Å². The van der Waals surface area contributed by atoms with Gasteiger partial charge in [-0.05, 0) is 43.3 Å². The fraction of sp³-hybridized carbons (Fsp3) is 0.125. The van der Waals surface area contributed by atoms with Crippen LogP contribution in [0.15, 0.2) is 78.9 Å². The van der Waals surface area contributed by atoms with Crippen molar-refractivity contribution in [3.63, 3.8) is 0 Å². The van der Waals surface area contributed by atoms with E-state index in [4.69, 9.17) is 11.6 Å². The van der Waals surface area contributed by atoms with Crippen molar-refractivity contribution in [1.29, 1.82) is 0 Å². The molecule has 0 aromatic heterocycles. The third kappa shape index (κ3) is 4.26. The molecule has 1 aliphatic rings. The van der Waals surface area contributed by atoms with Crippen LogP contribution in [0.3, 0.4) is 0 Å². The van der Waals surface area contributed by atoms with Gasteiger partial charge in [0.25, 0.3) is 5.91 Å². The van der Waals surface area contributed by atoms with Gasteiger partial charge in [0.2, 0.25) is 12.3 Å². The Balaban J connectivity index is 1.69. The van der Waals surface area contributed by atoms with Gasteiger partial charge in [0.15, 0.2) is 6.04 Å². The molecule has 0 saturated carbocycles. The summed E-state index contributed by atoms with van der Waals surface area (Å²) >= 11 is 6.05. The number of hydrogen-bond acceptors (Lipinski definition) is 2. The second-order valence-corrected chi connectivity index (χ2v) is 7.67. The van der Waals surface area contributed by atoms with Gasteiger partial charge in [0, 0.05) is 21.7 Å². The van der Waals surface area contributed by atoms with Gasteiger partial charge < -0.3 is 5.32 Å². The van der Waals surface area contributed by atoms with E-state index in [0.29, 0.717) is 10.6 Å². The van der Waals surface area contributed by atoms with Crippen molar-refractivity contribution in [2.24, 2.45) is 0 Å². The number of benzene rings is 3. The molecule has 2 amide bonds. The van der Waals surface area contributed by atoms with Crippen LogP contribution in [0.4, 0.5) is 0 Å². The predicted molar refractivity (Wildman–Crippen MR) is 117 cm³/mol. The summed E-state index contributed by atoms with van der Waals surface area (Å²) in [6, 6.07) is 23.0. The summed E-state index contributed by atoms with van der Waals surface area (Å²) in [5, 5.41) is 3.50. The predicted octanol–water partition coefficient (Wildman–Crippen LogP) is 3.66. The molecule has 2 N–H and O–H groups in total. The van der Waals surface area contributed by atoms with Crippen LogP contribution in [-0.2, 0) is 4.79 Å². The number of hydrazone groups is 1. The molecule has 5 nitrogen and oxygen atoms in total. The zero-order valence-corrected chi connectivity index (χ0v) is 17.1. The minimum absolute atomic E-state index is 0.275. The number of nitrogens with one attached hydrogen (secondary N) is 2. The Labute approximate surface area is 180 Å². The molecule has 30 heavy (non-hydrogen) atoms. The van der Waals surface area contributed by atoms with Crippen LogP contribution >= 0.6 is 11.6 Å². The first kappa shape index (κ1) is 19.9. The molecule has 0 radical (unpaired) electrons. The minimum Gasteiger partial charge on any atom is -0.334 e. The molecular weight excluding hydrogens is 398 g/mol. The number of rotatable bonds is 4. The van der Waals surface area contributed by atoms with Crippen LogP contribution < -0.4 is 10.7 Å². The summed E-state index contributed by atoms with van der Waals surface area (Å²) < 4.78 is 1.74. The second kappa shape index (κ2) is 8.51. The first-order valence-electron chi connectivity index (χ1n) is 9.63.